The molecule has 9 nitrogen and oxygen atoms in total. The van der Waals surface area contributed by atoms with Gasteiger partial charge in [0.25, 0.3) is 0 Å². The molecule has 240 valence electrons. The van der Waals surface area contributed by atoms with Crippen LogP contribution in [-0.2, 0) is 37.3 Å². The second-order valence-electron chi connectivity index (χ2n) is 12.9. The Morgan fingerprint density at radius 1 is 0.773 bits per heavy atom. The minimum absolute atomic E-state index is 0.211. The molecule has 3 aromatic rings. The lowest BCUT2D eigenvalue weighted by Gasteiger charge is -2.24. The highest BCUT2D eigenvalue weighted by Gasteiger charge is 2.19. The highest BCUT2D eigenvalue weighted by Crippen LogP contribution is 2.19. The number of esters is 1. The van der Waals surface area contributed by atoms with Gasteiger partial charge in [-0.1, -0.05) is 54.6 Å². The molecule has 0 fully saturated rings. The standard InChI is InChI=1S/C34H47N3O6S/c1-33(2,3)42-31(38)19-22-37(23-20-36-44(40,41)30-18-17-28-11-7-8-12-29(28)24-30)21-9-10-26-13-15-27(16-14-26)25-35-32(39)43-34(4,5)6/h7-8,11-18,24,36H,9-10,19-23,25H2,1-6H3,(H,35,39). The number of nitrogens with one attached hydrogen (secondary N) is 2. The maximum atomic E-state index is 13.0. The molecule has 0 aromatic heterocycles. The molecule has 0 aliphatic heterocycles. The molecule has 2 N–H and O–H groups in total. The van der Waals surface area contributed by atoms with Crippen LogP contribution in [0.4, 0.5) is 4.79 Å². The largest absolute Gasteiger partial charge is 0.460 e. The molecule has 0 radical (unpaired) electrons. The van der Waals surface area contributed by atoms with Gasteiger partial charge in [0.1, 0.15) is 11.2 Å². The summed E-state index contributed by atoms with van der Waals surface area (Å²) in [7, 11) is -3.69. The molecule has 0 heterocycles. The summed E-state index contributed by atoms with van der Waals surface area (Å²) >= 11 is 0. The van der Waals surface area contributed by atoms with E-state index in [9.17, 15) is 18.0 Å². The van der Waals surface area contributed by atoms with Gasteiger partial charge in [-0.15, -0.1) is 0 Å². The number of hydrogen-bond donors (Lipinski definition) is 2. The molecule has 0 bridgehead atoms. The van der Waals surface area contributed by atoms with Crippen LogP contribution >= 0.6 is 0 Å². The summed E-state index contributed by atoms with van der Waals surface area (Å²) in [5, 5.41) is 4.61. The molecule has 0 atom stereocenters. The predicted octanol–water partition coefficient (Wildman–Crippen LogP) is 5.81. The lowest BCUT2D eigenvalue weighted by atomic mass is 10.1. The van der Waals surface area contributed by atoms with Crippen LogP contribution in [0, 0.1) is 0 Å². The number of nitrogens with zero attached hydrogens (tertiary/aromatic N) is 1. The topological polar surface area (TPSA) is 114 Å². The molecule has 10 heteroatoms. The van der Waals surface area contributed by atoms with Gasteiger partial charge in [0, 0.05) is 26.2 Å². The normalized spacial score (nSPS) is 12.3. The van der Waals surface area contributed by atoms with Crippen LogP contribution in [0.15, 0.2) is 71.6 Å². The minimum atomic E-state index is -3.69. The van der Waals surface area contributed by atoms with Crippen molar-refractivity contribution in [3.8, 4) is 0 Å². The number of fused-ring (bicyclic) bond motifs is 1. The van der Waals surface area contributed by atoms with E-state index in [1.165, 1.54) is 0 Å². The fourth-order valence-electron chi connectivity index (χ4n) is 4.55. The second kappa shape index (κ2) is 15.5. The summed E-state index contributed by atoms with van der Waals surface area (Å²) in [6.07, 6.45) is 1.40. The van der Waals surface area contributed by atoms with E-state index in [4.69, 9.17) is 9.47 Å². The van der Waals surface area contributed by atoms with Crippen LogP contribution in [0.1, 0.15) is 65.5 Å². The van der Waals surface area contributed by atoms with E-state index in [0.29, 0.717) is 26.2 Å². The molecule has 1 amide bonds. The van der Waals surface area contributed by atoms with Gasteiger partial charge in [0.05, 0.1) is 11.3 Å². The summed E-state index contributed by atoms with van der Waals surface area (Å²) < 4.78 is 39.5. The fraction of sp³-hybridized carbons (Fsp3) is 0.471. The van der Waals surface area contributed by atoms with Crippen LogP contribution in [-0.4, -0.2) is 62.8 Å². The zero-order valence-corrected chi connectivity index (χ0v) is 27.6. The van der Waals surface area contributed by atoms with E-state index in [1.54, 1.807) is 18.2 Å². The smallest absolute Gasteiger partial charge is 0.407 e. The number of alkyl carbamates (subject to hydrolysis) is 1. The van der Waals surface area contributed by atoms with Gasteiger partial charge in [0.2, 0.25) is 10.0 Å². The van der Waals surface area contributed by atoms with Crippen molar-refractivity contribution >= 4 is 32.9 Å². The number of ether oxygens (including phenoxy) is 2. The Bertz CT molecular complexity index is 1490. The molecule has 0 aliphatic rings. The molecule has 44 heavy (non-hydrogen) atoms. The third-order valence-corrected chi connectivity index (χ3v) is 8.06. The van der Waals surface area contributed by atoms with Gasteiger partial charge in [-0.05, 0) is 95.0 Å². The molecule has 3 rings (SSSR count). The molecule has 0 aliphatic carbocycles. The van der Waals surface area contributed by atoms with E-state index in [2.05, 4.69) is 14.9 Å². The lowest BCUT2D eigenvalue weighted by molar-refractivity contribution is -0.155. The van der Waals surface area contributed by atoms with Gasteiger partial charge in [-0.2, -0.15) is 0 Å². The summed E-state index contributed by atoms with van der Waals surface area (Å²) in [6, 6.07) is 20.8. The van der Waals surface area contributed by atoms with Crippen molar-refractivity contribution in [2.75, 3.05) is 26.2 Å². The van der Waals surface area contributed by atoms with E-state index < -0.39 is 27.3 Å². The van der Waals surface area contributed by atoms with Crippen LogP contribution < -0.4 is 10.0 Å². The molecule has 3 aromatic carbocycles. The maximum absolute atomic E-state index is 13.0. The van der Waals surface area contributed by atoms with Crippen molar-refractivity contribution in [1.29, 1.82) is 0 Å². The van der Waals surface area contributed by atoms with Crippen molar-refractivity contribution in [2.45, 2.75) is 83.4 Å². The molecule has 0 unspecified atom stereocenters. The molecule has 0 saturated carbocycles. The third kappa shape index (κ3) is 12.6. The zero-order valence-electron chi connectivity index (χ0n) is 26.8. The predicted molar refractivity (Wildman–Crippen MR) is 174 cm³/mol. The first-order valence-corrected chi connectivity index (χ1v) is 16.6. The van der Waals surface area contributed by atoms with Crippen LogP contribution in [0.2, 0.25) is 0 Å². The Morgan fingerprint density at radius 3 is 2.07 bits per heavy atom. The number of rotatable bonds is 14. The Labute approximate surface area is 262 Å². The van der Waals surface area contributed by atoms with Crippen LogP contribution in [0.5, 0.6) is 0 Å². The van der Waals surface area contributed by atoms with Gasteiger partial charge in [-0.25, -0.2) is 17.9 Å². The molecular weight excluding hydrogens is 578 g/mol. The van der Waals surface area contributed by atoms with Gasteiger partial charge < -0.3 is 19.7 Å². The van der Waals surface area contributed by atoms with Crippen molar-refractivity contribution in [3.63, 3.8) is 0 Å². The Kier molecular flexibility index (Phi) is 12.3. The summed E-state index contributed by atoms with van der Waals surface area (Å²) in [5.74, 6) is -0.283. The van der Waals surface area contributed by atoms with E-state index in [1.807, 2.05) is 90.1 Å². The lowest BCUT2D eigenvalue weighted by Crippen LogP contribution is -2.37. The zero-order chi connectivity index (χ0) is 32.4. The molecular formula is C34H47N3O6S. The fourth-order valence-corrected chi connectivity index (χ4v) is 5.61. The first-order chi connectivity index (χ1) is 20.6. The number of aryl methyl sites for hydroxylation is 1. The Morgan fingerprint density at radius 2 is 1.41 bits per heavy atom. The van der Waals surface area contributed by atoms with Crippen molar-refractivity contribution < 1.29 is 27.5 Å². The summed E-state index contributed by atoms with van der Waals surface area (Å²) in [4.78, 5) is 26.6. The highest BCUT2D eigenvalue weighted by atomic mass is 32.2. The number of carbonyl (C=O) groups excluding carboxylic acids is 2. The molecule has 0 saturated heterocycles. The van der Waals surface area contributed by atoms with Crippen LogP contribution in [0.3, 0.4) is 0 Å². The van der Waals surface area contributed by atoms with E-state index >= 15 is 0 Å². The molecule has 0 spiro atoms. The SMILES string of the molecule is CC(C)(C)OC(=O)CCN(CCCc1ccc(CNC(=O)OC(C)(C)C)cc1)CCNS(=O)(=O)c1ccc2ccccc2c1. The van der Waals surface area contributed by atoms with E-state index in [0.717, 1.165) is 34.7 Å². The van der Waals surface area contributed by atoms with Gasteiger partial charge in [-0.3, -0.25) is 4.79 Å². The Hall–Kier alpha value is -3.47. The van der Waals surface area contributed by atoms with Crippen molar-refractivity contribution in [1.82, 2.24) is 14.9 Å². The third-order valence-electron chi connectivity index (χ3n) is 6.60. The average Bonchev–Trinajstić information content (AvgIpc) is 2.93. The quantitative estimate of drug-likeness (QED) is 0.217. The van der Waals surface area contributed by atoms with Gasteiger partial charge >= 0.3 is 12.1 Å². The average molecular weight is 626 g/mol. The minimum Gasteiger partial charge on any atom is -0.460 e. The number of benzene rings is 3. The maximum Gasteiger partial charge on any atom is 0.407 e. The Balaban J connectivity index is 1.53. The van der Waals surface area contributed by atoms with Crippen molar-refractivity contribution in [2.24, 2.45) is 0 Å². The number of amides is 1. The first kappa shape index (κ1) is 35.0. The van der Waals surface area contributed by atoms with E-state index in [-0.39, 0.29) is 23.8 Å². The summed E-state index contributed by atoms with van der Waals surface area (Å²) in [5.41, 5.74) is 1.01. The monoisotopic (exact) mass is 625 g/mol. The van der Waals surface area contributed by atoms with Crippen molar-refractivity contribution in [3.05, 3.63) is 77.9 Å². The number of carbonyl (C=O) groups is 2. The summed E-state index contributed by atoms with van der Waals surface area (Å²) in [6.45, 7) is 13.2. The number of hydrogen-bond acceptors (Lipinski definition) is 7. The highest BCUT2D eigenvalue weighted by molar-refractivity contribution is 7.89. The first-order valence-electron chi connectivity index (χ1n) is 15.1. The van der Waals surface area contributed by atoms with Gasteiger partial charge in [0.15, 0.2) is 0 Å². The van der Waals surface area contributed by atoms with Crippen LogP contribution in [0.25, 0.3) is 10.8 Å². The second-order valence-corrected chi connectivity index (χ2v) is 14.6. The number of sulfonamides is 1.